The molecule has 4 rings (SSSR count). The number of amides is 1. The number of hydrogen-bond acceptors (Lipinski definition) is 5. The van der Waals surface area contributed by atoms with E-state index >= 15 is 0 Å². The molecule has 3 heterocycles. The summed E-state index contributed by atoms with van der Waals surface area (Å²) in [5.74, 6) is 0.731. The Hall–Kier alpha value is -2.86. The van der Waals surface area contributed by atoms with Gasteiger partial charge in [-0.2, -0.15) is 0 Å². The number of nitrogens with one attached hydrogen (secondary N) is 1. The average Bonchev–Trinajstić information content (AvgIpc) is 3.25. The number of aromatic nitrogens is 1. The van der Waals surface area contributed by atoms with Crippen molar-refractivity contribution in [3.8, 4) is 5.75 Å². The Bertz CT molecular complexity index is 940. The lowest BCUT2D eigenvalue weighted by atomic mass is 10.2. The van der Waals surface area contributed by atoms with Crippen molar-refractivity contribution in [2.45, 2.75) is 19.6 Å². The fourth-order valence-electron chi connectivity index (χ4n) is 3.20. The van der Waals surface area contributed by atoms with Gasteiger partial charge in [0, 0.05) is 11.1 Å². The number of benzene rings is 1. The Morgan fingerprint density at radius 3 is 2.92 bits per heavy atom. The van der Waals surface area contributed by atoms with Crippen LogP contribution in [0.25, 0.3) is 0 Å². The smallest absolute Gasteiger partial charge is 0.258 e. The minimum Gasteiger partial charge on any atom is -0.495 e. The SMILES string of the molecule is COc1ccc(C)cc1NC1c2ncccc2C(=O)N1Cc1cccs1. The van der Waals surface area contributed by atoms with Crippen molar-refractivity contribution < 1.29 is 9.53 Å². The molecule has 0 saturated heterocycles. The Morgan fingerprint density at radius 2 is 2.15 bits per heavy atom. The Balaban J connectivity index is 1.73. The molecule has 3 aromatic rings. The van der Waals surface area contributed by atoms with Gasteiger partial charge in [0.15, 0.2) is 0 Å². The number of anilines is 1. The van der Waals surface area contributed by atoms with Gasteiger partial charge in [0.25, 0.3) is 5.91 Å². The minimum atomic E-state index is -0.337. The molecule has 0 aliphatic carbocycles. The number of aryl methyl sites for hydroxylation is 1. The van der Waals surface area contributed by atoms with Gasteiger partial charge in [-0.3, -0.25) is 9.78 Å². The standard InChI is InChI=1S/C20H19N3O2S/c1-13-7-8-17(25-2)16(11-13)22-19-18-15(6-3-9-21-18)20(24)23(19)12-14-5-4-10-26-14/h3-11,19,22H,12H2,1-2H3. The molecule has 0 spiro atoms. The van der Waals surface area contributed by atoms with Gasteiger partial charge in [0.05, 0.1) is 30.6 Å². The summed E-state index contributed by atoms with van der Waals surface area (Å²) < 4.78 is 5.48. The van der Waals surface area contributed by atoms with Crippen molar-refractivity contribution >= 4 is 22.9 Å². The molecule has 132 valence electrons. The molecule has 1 unspecified atom stereocenters. The molecule has 26 heavy (non-hydrogen) atoms. The molecule has 1 amide bonds. The number of pyridine rings is 1. The van der Waals surface area contributed by atoms with Crippen molar-refractivity contribution in [1.82, 2.24) is 9.88 Å². The van der Waals surface area contributed by atoms with E-state index in [-0.39, 0.29) is 12.1 Å². The number of methoxy groups -OCH3 is 1. The molecule has 0 fully saturated rings. The van der Waals surface area contributed by atoms with Crippen LogP contribution < -0.4 is 10.1 Å². The zero-order valence-electron chi connectivity index (χ0n) is 14.6. The fraction of sp³-hybridized carbons (Fsp3) is 0.200. The van der Waals surface area contributed by atoms with Gasteiger partial charge in [-0.1, -0.05) is 12.1 Å². The molecule has 5 nitrogen and oxygen atoms in total. The first kappa shape index (κ1) is 16.6. The van der Waals surface area contributed by atoms with E-state index < -0.39 is 0 Å². The van der Waals surface area contributed by atoms with E-state index in [1.165, 1.54) is 0 Å². The van der Waals surface area contributed by atoms with E-state index in [1.54, 1.807) is 30.7 Å². The lowest BCUT2D eigenvalue weighted by Crippen LogP contribution is -2.31. The number of carbonyl (C=O) groups is 1. The lowest BCUT2D eigenvalue weighted by molar-refractivity contribution is 0.0729. The molecular formula is C20H19N3O2S. The van der Waals surface area contributed by atoms with Gasteiger partial charge < -0.3 is 15.0 Å². The van der Waals surface area contributed by atoms with Crippen LogP contribution in [0.2, 0.25) is 0 Å². The van der Waals surface area contributed by atoms with Crippen molar-refractivity contribution in [3.05, 3.63) is 75.7 Å². The van der Waals surface area contributed by atoms with Gasteiger partial charge >= 0.3 is 0 Å². The number of fused-ring (bicyclic) bond motifs is 1. The second kappa shape index (κ2) is 6.80. The highest BCUT2D eigenvalue weighted by molar-refractivity contribution is 7.09. The zero-order chi connectivity index (χ0) is 18.1. The zero-order valence-corrected chi connectivity index (χ0v) is 15.4. The monoisotopic (exact) mass is 365 g/mol. The Morgan fingerprint density at radius 1 is 1.27 bits per heavy atom. The van der Waals surface area contributed by atoms with Crippen LogP contribution in [0, 0.1) is 6.92 Å². The molecular weight excluding hydrogens is 346 g/mol. The van der Waals surface area contributed by atoms with Crippen LogP contribution >= 0.6 is 11.3 Å². The van der Waals surface area contributed by atoms with Gasteiger partial charge in [-0.05, 0) is 48.2 Å². The third-order valence-corrected chi connectivity index (χ3v) is 5.32. The van der Waals surface area contributed by atoms with Crippen LogP contribution in [0.4, 0.5) is 5.69 Å². The number of thiophene rings is 1. The molecule has 1 N–H and O–H groups in total. The number of carbonyl (C=O) groups excluding carboxylic acids is 1. The van der Waals surface area contributed by atoms with Crippen LogP contribution in [0.1, 0.15) is 32.7 Å². The van der Waals surface area contributed by atoms with E-state index in [9.17, 15) is 4.79 Å². The maximum atomic E-state index is 13.0. The molecule has 6 heteroatoms. The molecule has 1 atom stereocenters. The predicted molar refractivity (Wildman–Crippen MR) is 103 cm³/mol. The molecule has 0 saturated carbocycles. The van der Waals surface area contributed by atoms with Gasteiger partial charge in [-0.25, -0.2) is 0 Å². The molecule has 1 aromatic carbocycles. The quantitative estimate of drug-likeness (QED) is 0.735. The molecule has 0 radical (unpaired) electrons. The van der Waals surface area contributed by atoms with Gasteiger partial charge in [-0.15, -0.1) is 11.3 Å². The fourth-order valence-corrected chi connectivity index (χ4v) is 3.90. The normalized spacial score (nSPS) is 15.8. The van der Waals surface area contributed by atoms with E-state index in [0.717, 1.165) is 27.6 Å². The second-order valence-corrected chi connectivity index (χ2v) is 7.23. The summed E-state index contributed by atoms with van der Waals surface area (Å²) in [5.41, 5.74) is 3.36. The number of nitrogens with zero attached hydrogens (tertiary/aromatic N) is 2. The summed E-state index contributed by atoms with van der Waals surface area (Å²) in [6.45, 7) is 2.57. The first-order valence-electron chi connectivity index (χ1n) is 8.37. The number of hydrogen-bond donors (Lipinski definition) is 1. The van der Waals surface area contributed by atoms with E-state index in [2.05, 4.69) is 10.3 Å². The van der Waals surface area contributed by atoms with Gasteiger partial charge in [0.2, 0.25) is 0 Å². The third-order valence-electron chi connectivity index (χ3n) is 4.45. The second-order valence-electron chi connectivity index (χ2n) is 6.20. The summed E-state index contributed by atoms with van der Waals surface area (Å²) in [7, 11) is 1.64. The van der Waals surface area contributed by atoms with Crippen molar-refractivity contribution in [3.63, 3.8) is 0 Å². The highest BCUT2D eigenvalue weighted by atomic mass is 32.1. The van der Waals surface area contributed by atoms with Crippen molar-refractivity contribution in [1.29, 1.82) is 0 Å². The Kier molecular flexibility index (Phi) is 4.34. The van der Waals surface area contributed by atoms with Crippen molar-refractivity contribution in [2.75, 3.05) is 12.4 Å². The molecule has 1 aliphatic heterocycles. The highest BCUT2D eigenvalue weighted by Gasteiger charge is 2.38. The first-order valence-corrected chi connectivity index (χ1v) is 9.25. The first-order chi connectivity index (χ1) is 12.7. The third kappa shape index (κ3) is 2.93. The summed E-state index contributed by atoms with van der Waals surface area (Å²) in [6, 6.07) is 13.6. The summed E-state index contributed by atoms with van der Waals surface area (Å²) >= 11 is 1.64. The summed E-state index contributed by atoms with van der Waals surface area (Å²) in [6.07, 6.45) is 1.39. The van der Waals surface area contributed by atoms with Gasteiger partial charge in [0.1, 0.15) is 11.9 Å². The number of rotatable bonds is 5. The summed E-state index contributed by atoms with van der Waals surface area (Å²) in [5, 5.41) is 5.49. The molecule has 1 aliphatic rings. The minimum absolute atomic E-state index is 0.00869. The topological polar surface area (TPSA) is 54.5 Å². The molecule has 0 bridgehead atoms. The average molecular weight is 365 g/mol. The highest BCUT2D eigenvalue weighted by Crippen LogP contribution is 2.37. The Labute approximate surface area is 156 Å². The predicted octanol–water partition coefficient (Wildman–Crippen LogP) is 4.23. The maximum Gasteiger partial charge on any atom is 0.258 e. The van der Waals surface area contributed by atoms with E-state index in [1.807, 2.05) is 53.6 Å². The summed E-state index contributed by atoms with van der Waals surface area (Å²) in [4.78, 5) is 20.4. The van der Waals surface area contributed by atoms with Crippen LogP contribution in [0.15, 0.2) is 54.0 Å². The van der Waals surface area contributed by atoms with Crippen LogP contribution in [0.3, 0.4) is 0 Å². The van der Waals surface area contributed by atoms with E-state index in [4.69, 9.17) is 4.74 Å². The molecule has 2 aromatic heterocycles. The van der Waals surface area contributed by atoms with Crippen LogP contribution in [0.5, 0.6) is 5.75 Å². The number of ether oxygens (including phenoxy) is 1. The largest absolute Gasteiger partial charge is 0.495 e. The lowest BCUT2D eigenvalue weighted by Gasteiger charge is -2.27. The van der Waals surface area contributed by atoms with Crippen LogP contribution in [-0.4, -0.2) is 22.9 Å². The maximum absolute atomic E-state index is 13.0. The van der Waals surface area contributed by atoms with E-state index in [0.29, 0.717) is 12.1 Å². The van der Waals surface area contributed by atoms with Crippen LogP contribution in [-0.2, 0) is 6.54 Å². The van der Waals surface area contributed by atoms with Crippen molar-refractivity contribution in [2.24, 2.45) is 0 Å².